The van der Waals surface area contributed by atoms with Crippen LogP contribution in [0.15, 0.2) is 24.3 Å². The molecule has 20 heavy (non-hydrogen) atoms. The van der Waals surface area contributed by atoms with Crippen LogP contribution in [0, 0.1) is 0 Å². The molecule has 2 amide bonds. The van der Waals surface area contributed by atoms with Gasteiger partial charge in [-0.15, -0.1) is 0 Å². The van der Waals surface area contributed by atoms with Crippen molar-refractivity contribution in [2.24, 2.45) is 0 Å². The second-order valence-electron chi connectivity index (χ2n) is 4.38. The SMILES string of the molecule is CCCNC(=O)Nc1ccc(NS(=O)(=O)CCC)cc1. The van der Waals surface area contributed by atoms with Gasteiger partial charge in [-0.05, 0) is 37.1 Å². The summed E-state index contributed by atoms with van der Waals surface area (Å²) in [5.41, 5.74) is 1.09. The van der Waals surface area contributed by atoms with Crippen LogP contribution in [0.4, 0.5) is 16.2 Å². The zero-order valence-corrected chi connectivity index (χ0v) is 12.6. The number of carbonyl (C=O) groups is 1. The van der Waals surface area contributed by atoms with Gasteiger partial charge in [0.05, 0.1) is 5.75 Å². The van der Waals surface area contributed by atoms with Crippen molar-refractivity contribution >= 4 is 27.4 Å². The van der Waals surface area contributed by atoms with Gasteiger partial charge in [0, 0.05) is 17.9 Å². The topological polar surface area (TPSA) is 87.3 Å². The van der Waals surface area contributed by atoms with E-state index in [4.69, 9.17) is 0 Å². The van der Waals surface area contributed by atoms with Gasteiger partial charge < -0.3 is 10.6 Å². The van der Waals surface area contributed by atoms with Crippen LogP contribution in [0.3, 0.4) is 0 Å². The van der Waals surface area contributed by atoms with Crippen molar-refractivity contribution in [1.29, 1.82) is 0 Å². The maximum absolute atomic E-state index is 11.6. The molecule has 3 N–H and O–H groups in total. The number of urea groups is 1. The number of amides is 2. The molecule has 0 spiro atoms. The quantitative estimate of drug-likeness (QED) is 0.722. The van der Waals surface area contributed by atoms with Crippen molar-refractivity contribution in [3.05, 3.63) is 24.3 Å². The molecule has 7 heteroatoms. The Morgan fingerprint density at radius 1 is 1.05 bits per heavy atom. The molecule has 112 valence electrons. The molecule has 0 atom stereocenters. The predicted octanol–water partition coefficient (Wildman–Crippen LogP) is 2.37. The average Bonchev–Trinajstić information content (AvgIpc) is 2.38. The summed E-state index contributed by atoms with van der Waals surface area (Å²) in [7, 11) is -3.28. The number of carbonyl (C=O) groups excluding carboxylic acids is 1. The van der Waals surface area contributed by atoms with E-state index in [1.807, 2.05) is 6.92 Å². The fraction of sp³-hybridized carbons (Fsp3) is 0.462. The Balaban J connectivity index is 2.58. The zero-order chi connectivity index (χ0) is 15.0. The summed E-state index contributed by atoms with van der Waals surface area (Å²) >= 11 is 0. The Bertz CT molecular complexity index is 526. The standard InChI is InChI=1S/C13H21N3O3S/c1-3-9-14-13(17)15-11-5-7-12(8-6-11)16-20(18,19)10-4-2/h5-8,16H,3-4,9-10H2,1-2H3,(H2,14,15,17). The number of rotatable bonds is 7. The van der Waals surface area contributed by atoms with Gasteiger partial charge in [-0.3, -0.25) is 4.72 Å². The Morgan fingerprint density at radius 2 is 1.65 bits per heavy atom. The molecule has 0 radical (unpaired) electrons. The Labute approximate surface area is 120 Å². The molecule has 0 aliphatic rings. The summed E-state index contributed by atoms with van der Waals surface area (Å²) in [5, 5.41) is 5.35. The molecule has 0 aromatic heterocycles. The van der Waals surface area contributed by atoms with Crippen molar-refractivity contribution in [1.82, 2.24) is 5.32 Å². The van der Waals surface area contributed by atoms with E-state index in [1.165, 1.54) is 0 Å². The predicted molar refractivity (Wildman–Crippen MR) is 81.5 cm³/mol. The molecule has 0 fully saturated rings. The number of benzene rings is 1. The molecule has 1 aromatic carbocycles. The van der Waals surface area contributed by atoms with E-state index in [2.05, 4.69) is 15.4 Å². The van der Waals surface area contributed by atoms with Crippen molar-refractivity contribution in [3.63, 3.8) is 0 Å². The minimum absolute atomic E-state index is 0.0897. The van der Waals surface area contributed by atoms with Crippen molar-refractivity contribution in [3.8, 4) is 0 Å². The van der Waals surface area contributed by atoms with E-state index < -0.39 is 10.0 Å². The summed E-state index contributed by atoms with van der Waals surface area (Å²) in [6.07, 6.45) is 1.43. The first kappa shape index (κ1) is 16.3. The van der Waals surface area contributed by atoms with Gasteiger partial charge in [-0.1, -0.05) is 13.8 Å². The maximum atomic E-state index is 11.6. The van der Waals surface area contributed by atoms with Gasteiger partial charge in [0.1, 0.15) is 0 Å². The van der Waals surface area contributed by atoms with Gasteiger partial charge in [-0.2, -0.15) is 0 Å². The number of hydrogen-bond donors (Lipinski definition) is 3. The monoisotopic (exact) mass is 299 g/mol. The highest BCUT2D eigenvalue weighted by Crippen LogP contribution is 2.15. The van der Waals surface area contributed by atoms with Crippen molar-refractivity contribution < 1.29 is 13.2 Å². The summed E-state index contributed by atoms with van der Waals surface area (Å²) < 4.78 is 25.7. The van der Waals surface area contributed by atoms with Crippen LogP contribution >= 0.6 is 0 Å². The first-order chi connectivity index (χ1) is 9.46. The highest BCUT2D eigenvalue weighted by Gasteiger charge is 2.08. The highest BCUT2D eigenvalue weighted by atomic mass is 32.2. The Hall–Kier alpha value is -1.76. The van der Waals surface area contributed by atoms with E-state index >= 15 is 0 Å². The van der Waals surface area contributed by atoms with Gasteiger partial charge in [-0.25, -0.2) is 13.2 Å². The van der Waals surface area contributed by atoms with Crippen LogP contribution in [-0.4, -0.2) is 26.7 Å². The molecule has 1 aromatic rings. The van der Waals surface area contributed by atoms with E-state index in [-0.39, 0.29) is 11.8 Å². The van der Waals surface area contributed by atoms with Crippen LogP contribution in [0.25, 0.3) is 0 Å². The third-order valence-corrected chi connectivity index (χ3v) is 3.92. The van der Waals surface area contributed by atoms with Crippen LogP contribution in [0.5, 0.6) is 0 Å². The number of anilines is 2. The lowest BCUT2D eigenvalue weighted by Crippen LogP contribution is -2.29. The minimum atomic E-state index is -3.28. The van der Waals surface area contributed by atoms with Gasteiger partial charge in [0.15, 0.2) is 0 Å². The van der Waals surface area contributed by atoms with Gasteiger partial charge in [0.2, 0.25) is 10.0 Å². The summed E-state index contributed by atoms with van der Waals surface area (Å²) in [6, 6.07) is 6.25. The fourth-order valence-corrected chi connectivity index (χ4v) is 2.67. The van der Waals surface area contributed by atoms with Crippen LogP contribution in [-0.2, 0) is 10.0 Å². The fourth-order valence-electron chi connectivity index (χ4n) is 1.53. The molecule has 0 aliphatic carbocycles. The molecule has 0 unspecified atom stereocenters. The molecular weight excluding hydrogens is 278 g/mol. The summed E-state index contributed by atoms with van der Waals surface area (Å²) in [4.78, 5) is 11.4. The van der Waals surface area contributed by atoms with Crippen LogP contribution in [0.1, 0.15) is 26.7 Å². The lowest BCUT2D eigenvalue weighted by Gasteiger charge is -2.09. The normalized spacial score (nSPS) is 10.9. The van der Waals surface area contributed by atoms with Crippen molar-refractivity contribution in [2.45, 2.75) is 26.7 Å². The van der Waals surface area contributed by atoms with E-state index in [1.54, 1.807) is 31.2 Å². The van der Waals surface area contributed by atoms with Gasteiger partial charge >= 0.3 is 6.03 Å². The lowest BCUT2D eigenvalue weighted by molar-refractivity contribution is 0.252. The molecule has 0 saturated carbocycles. The molecule has 0 bridgehead atoms. The lowest BCUT2D eigenvalue weighted by atomic mass is 10.3. The zero-order valence-electron chi connectivity index (χ0n) is 11.8. The second-order valence-corrected chi connectivity index (χ2v) is 6.22. The molecule has 0 aliphatic heterocycles. The van der Waals surface area contributed by atoms with Gasteiger partial charge in [0.25, 0.3) is 0 Å². The Morgan fingerprint density at radius 3 is 2.20 bits per heavy atom. The third-order valence-electron chi connectivity index (χ3n) is 2.42. The largest absolute Gasteiger partial charge is 0.338 e. The molecule has 1 rings (SSSR count). The maximum Gasteiger partial charge on any atom is 0.319 e. The smallest absolute Gasteiger partial charge is 0.319 e. The van der Waals surface area contributed by atoms with Crippen LogP contribution in [0.2, 0.25) is 0 Å². The number of nitrogens with one attached hydrogen (secondary N) is 3. The molecule has 0 heterocycles. The van der Waals surface area contributed by atoms with Crippen molar-refractivity contribution in [2.75, 3.05) is 22.3 Å². The summed E-state index contributed by atoms with van der Waals surface area (Å²) in [5.74, 6) is 0.0897. The first-order valence-electron chi connectivity index (χ1n) is 6.62. The van der Waals surface area contributed by atoms with Crippen LogP contribution < -0.4 is 15.4 Å². The van der Waals surface area contributed by atoms with E-state index in [0.29, 0.717) is 24.3 Å². The summed E-state index contributed by atoms with van der Waals surface area (Å²) in [6.45, 7) is 4.39. The highest BCUT2D eigenvalue weighted by molar-refractivity contribution is 7.92. The number of hydrogen-bond acceptors (Lipinski definition) is 3. The molecule has 0 saturated heterocycles. The minimum Gasteiger partial charge on any atom is -0.338 e. The second kappa shape index (κ2) is 7.74. The number of sulfonamides is 1. The Kier molecular flexibility index (Phi) is 6.30. The molecular formula is C13H21N3O3S. The molecule has 6 nitrogen and oxygen atoms in total. The third kappa shape index (κ3) is 5.92. The van der Waals surface area contributed by atoms with E-state index in [0.717, 1.165) is 6.42 Å². The average molecular weight is 299 g/mol. The van der Waals surface area contributed by atoms with E-state index in [9.17, 15) is 13.2 Å². The first-order valence-corrected chi connectivity index (χ1v) is 8.27.